The van der Waals surface area contributed by atoms with Crippen molar-refractivity contribution in [1.82, 2.24) is 5.32 Å². The van der Waals surface area contributed by atoms with Gasteiger partial charge in [-0.25, -0.2) is 0 Å². The lowest BCUT2D eigenvalue weighted by Crippen LogP contribution is -2.29. The standard InChI is InChI=1S/C16H25NO3/c1-4-19-12-15-9-7-6-8-14(15)11-17-13(3)10-16(18)20-5-2/h6-9,13,17H,4-5,10-12H2,1-3H3. The summed E-state index contributed by atoms with van der Waals surface area (Å²) in [6.07, 6.45) is 0.390. The van der Waals surface area contributed by atoms with Gasteiger partial charge in [-0.05, 0) is 31.9 Å². The van der Waals surface area contributed by atoms with Crippen molar-refractivity contribution in [3.63, 3.8) is 0 Å². The van der Waals surface area contributed by atoms with E-state index in [1.807, 2.05) is 32.9 Å². The Morgan fingerprint density at radius 1 is 1.20 bits per heavy atom. The first kappa shape index (κ1) is 16.7. The molecule has 1 N–H and O–H groups in total. The molecule has 112 valence electrons. The van der Waals surface area contributed by atoms with Crippen LogP contribution in [0.2, 0.25) is 0 Å². The van der Waals surface area contributed by atoms with Crippen LogP contribution in [-0.2, 0) is 27.4 Å². The van der Waals surface area contributed by atoms with Crippen molar-refractivity contribution in [1.29, 1.82) is 0 Å². The Morgan fingerprint density at radius 2 is 1.90 bits per heavy atom. The predicted molar refractivity (Wildman–Crippen MR) is 79.3 cm³/mol. The molecule has 0 amide bonds. The fourth-order valence-electron chi connectivity index (χ4n) is 1.91. The van der Waals surface area contributed by atoms with Crippen LogP contribution in [0.4, 0.5) is 0 Å². The third kappa shape index (κ3) is 6.17. The number of hydrogen-bond acceptors (Lipinski definition) is 4. The fraction of sp³-hybridized carbons (Fsp3) is 0.562. The van der Waals surface area contributed by atoms with Crippen LogP contribution in [0, 0.1) is 0 Å². The first-order valence-electron chi connectivity index (χ1n) is 7.20. The van der Waals surface area contributed by atoms with Crippen LogP contribution in [0.3, 0.4) is 0 Å². The monoisotopic (exact) mass is 279 g/mol. The summed E-state index contributed by atoms with van der Waals surface area (Å²) in [5, 5.41) is 3.35. The molecule has 0 aromatic heterocycles. The molecule has 0 heterocycles. The second-order valence-corrected chi connectivity index (χ2v) is 4.70. The molecule has 1 aromatic rings. The molecule has 4 nitrogen and oxygen atoms in total. The molecule has 0 aliphatic rings. The number of ether oxygens (including phenoxy) is 2. The van der Waals surface area contributed by atoms with Crippen LogP contribution < -0.4 is 5.32 Å². The number of benzene rings is 1. The third-order valence-corrected chi connectivity index (χ3v) is 3.00. The van der Waals surface area contributed by atoms with E-state index in [1.54, 1.807) is 0 Å². The van der Waals surface area contributed by atoms with Crippen LogP contribution in [0.25, 0.3) is 0 Å². The van der Waals surface area contributed by atoms with Crippen LogP contribution in [0.1, 0.15) is 38.3 Å². The molecule has 0 saturated heterocycles. The van der Waals surface area contributed by atoms with Gasteiger partial charge in [0, 0.05) is 19.2 Å². The second kappa shape index (κ2) is 9.50. The van der Waals surface area contributed by atoms with Crippen LogP contribution >= 0.6 is 0 Å². The normalized spacial score (nSPS) is 12.2. The molecule has 20 heavy (non-hydrogen) atoms. The number of carbonyl (C=O) groups is 1. The minimum absolute atomic E-state index is 0.0919. The lowest BCUT2D eigenvalue weighted by molar-refractivity contribution is -0.143. The van der Waals surface area contributed by atoms with Gasteiger partial charge in [-0.2, -0.15) is 0 Å². The lowest BCUT2D eigenvalue weighted by Gasteiger charge is -2.15. The largest absolute Gasteiger partial charge is 0.466 e. The molecule has 1 rings (SSSR count). The molecule has 1 aromatic carbocycles. The first-order chi connectivity index (χ1) is 9.67. The van der Waals surface area contributed by atoms with Crippen LogP contribution in [-0.4, -0.2) is 25.2 Å². The summed E-state index contributed by atoms with van der Waals surface area (Å²) in [6.45, 7) is 8.29. The number of nitrogens with one attached hydrogen (secondary N) is 1. The van der Waals surface area contributed by atoms with Crippen LogP contribution in [0.5, 0.6) is 0 Å². The van der Waals surface area contributed by atoms with E-state index >= 15 is 0 Å². The van der Waals surface area contributed by atoms with Crippen molar-refractivity contribution in [3.8, 4) is 0 Å². The maximum absolute atomic E-state index is 11.4. The van der Waals surface area contributed by atoms with Crippen molar-refractivity contribution in [3.05, 3.63) is 35.4 Å². The van der Waals surface area contributed by atoms with Gasteiger partial charge in [-0.1, -0.05) is 24.3 Å². The highest BCUT2D eigenvalue weighted by Gasteiger charge is 2.10. The molecule has 4 heteroatoms. The van der Waals surface area contributed by atoms with Crippen molar-refractivity contribution in [2.24, 2.45) is 0 Å². The Bertz CT molecular complexity index is 406. The molecule has 0 spiro atoms. The average molecular weight is 279 g/mol. The third-order valence-electron chi connectivity index (χ3n) is 3.00. The highest BCUT2D eigenvalue weighted by Crippen LogP contribution is 2.10. The Kier molecular flexibility index (Phi) is 7.92. The van der Waals surface area contributed by atoms with Crippen molar-refractivity contribution < 1.29 is 14.3 Å². The van der Waals surface area contributed by atoms with E-state index < -0.39 is 0 Å². The maximum Gasteiger partial charge on any atom is 0.307 e. The molecule has 0 radical (unpaired) electrons. The minimum Gasteiger partial charge on any atom is -0.466 e. The van der Waals surface area contributed by atoms with Gasteiger partial charge < -0.3 is 14.8 Å². The lowest BCUT2D eigenvalue weighted by atomic mass is 10.1. The summed E-state index contributed by atoms with van der Waals surface area (Å²) in [7, 11) is 0. The maximum atomic E-state index is 11.4. The Hall–Kier alpha value is -1.39. The van der Waals surface area contributed by atoms with Gasteiger partial charge in [0.15, 0.2) is 0 Å². The van der Waals surface area contributed by atoms with E-state index in [9.17, 15) is 4.79 Å². The molecule has 1 atom stereocenters. The molecular formula is C16H25NO3. The zero-order valence-electron chi connectivity index (χ0n) is 12.6. The zero-order valence-corrected chi connectivity index (χ0v) is 12.6. The molecule has 0 aliphatic carbocycles. The summed E-state index contributed by atoms with van der Waals surface area (Å²) in [4.78, 5) is 11.4. The quantitative estimate of drug-likeness (QED) is 0.706. The predicted octanol–water partition coefficient (Wildman–Crippen LogP) is 2.65. The molecule has 0 fully saturated rings. The number of esters is 1. The SMILES string of the molecule is CCOCc1ccccc1CNC(C)CC(=O)OCC. The van der Waals surface area contributed by atoms with E-state index in [1.165, 1.54) is 11.1 Å². The molecule has 0 saturated carbocycles. The summed E-state index contributed by atoms with van der Waals surface area (Å²) in [5.74, 6) is -0.157. The molecule has 0 bridgehead atoms. The van der Waals surface area contributed by atoms with Gasteiger partial charge in [0.05, 0.1) is 19.6 Å². The molecule has 1 unspecified atom stereocenters. The van der Waals surface area contributed by atoms with Gasteiger partial charge in [-0.3, -0.25) is 4.79 Å². The summed E-state index contributed by atoms with van der Waals surface area (Å²) < 4.78 is 10.4. The van der Waals surface area contributed by atoms with Gasteiger partial charge in [0.2, 0.25) is 0 Å². The van der Waals surface area contributed by atoms with Gasteiger partial charge in [0.1, 0.15) is 0 Å². The molecule has 0 aliphatic heterocycles. The van der Waals surface area contributed by atoms with Crippen molar-refractivity contribution in [2.75, 3.05) is 13.2 Å². The summed E-state index contributed by atoms with van der Waals surface area (Å²) >= 11 is 0. The van der Waals surface area contributed by atoms with E-state index in [0.717, 1.165) is 6.54 Å². The number of hydrogen-bond donors (Lipinski definition) is 1. The second-order valence-electron chi connectivity index (χ2n) is 4.70. The first-order valence-corrected chi connectivity index (χ1v) is 7.20. The smallest absolute Gasteiger partial charge is 0.307 e. The average Bonchev–Trinajstić information content (AvgIpc) is 2.44. The minimum atomic E-state index is -0.157. The highest BCUT2D eigenvalue weighted by molar-refractivity contribution is 5.70. The van der Waals surface area contributed by atoms with Crippen molar-refractivity contribution >= 4 is 5.97 Å². The van der Waals surface area contributed by atoms with Gasteiger partial charge in [-0.15, -0.1) is 0 Å². The molecular weight excluding hydrogens is 254 g/mol. The van der Waals surface area contributed by atoms with E-state index in [4.69, 9.17) is 9.47 Å². The fourth-order valence-corrected chi connectivity index (χ4v) is 1.91. The zero-order chi connectivity index (χ0) is 14.8. The van der Waals surface area contributed by atoms with Gasteiger partial charge >= 0.3 is 5.97 Å². The van der Waals surface area contributed by atoms with Gasteiger partial charge in [0.25, 0.3) is 0 Å². The number of carbonyl (C=O) groups excluding carboxylic acids is 1. The van der Waals surface area contributed by atoms with Crippen LogP contribution in [0.15, 0.2) is 24.3 Å². The van der Waals surface area contributed by atoms with E-state index in [0.29, 0.717) is 26.2 Å². The topological polar surface area (TPSA) is 47.6 Å². The van der Waals surface area contributed by atoms with E-state index in [2.05, 4.69) is 17.4 Å². The summed E-state index contributed by atoms with van der Waals surface area (Å²) in [5.41, 5.74) is 2.39. The number of rotatable bonds is 9. The Labute approximate surface area is 121 Å². The Morgan fingerprint density at radius 3 is 2.55 bits per heavy atom. The van der Waals surface area contributed by atoms with E-state index in [-0.39, 0.29) is 12.0 Å². The Balaban J connectivity index is 2.46. The van der Waals surface area contributed by atoms with Crippen molar-refractivity contribution in [2.45, 2.75) is 46.4 Å². The highest BCUT2D eigenvalue weighted by atomic mass is 16.5. The summed E-state index contributed by atoms with van der Waals surface area (Å²) in [6, 6.07) is 8.28.